The van der Waals surface area contributed by atoms with Crippen LogP contribution >= 0.6 is 11.6 Å². The summed E-state index contributed by atoms with van der Waals surface area (Å²) >= 11 is 5.85. The molecule has 12 nitrogen and oxygen atoms in total. The Kier molecular flexibility index (Phi) is 11.0. The third-order valence-electron chi connectivity index (χ3n) is 6.75. The number of carbonyl (C=O) groups excluding carboxylic acids is 2. The molecule has 2 amide bonds. The average molecular weight is 639 g/mol. The first-order valence-electron chi connectivity index (χ1n) is 15.1. The van der Waals surface area contributed by atoms with Crippen molar-refractivity contribution in [3.8, 4) is 11.3 Å². The van der Waals surface area contributed by atoms with E-state index in [1.54, 1.807) is 28.3 Å². The Morgan fingerprint density at radius 1 is 0.644 bits per heavy atom. The second kappa shape index (κ2) is 14.7. The Hall–Kier alpha value is -4.19. The summed E-state index contributed by atoms with van der Waals surface area (Å²) in [5.41, 5.74) is 1.03. The average Bonchev–Trinajstić information content (AvgIpc) is 3.00. The van der Waals surface area contributed by atoms with E-state index >= 15 is 0 Å². The van der Waals surface area contributed by atoms with Crippen LogP contribution in [-0.4, -0.2) is 105 Å². The fourth-order valence-electron chi connectivity index (χ4n) is 4.58. The van der Waals surface area contributed by atoms with Crippen LogP contribution in [0, 0.1) is 0 Å². The Morgan fingerprint density at radius 2 is 1.09 bits per heavy atom. The third-order valence-corrected chi connectivity index (χ3v) is 6.96. The summed E-state index contributed by atoms with van der Waals surface area (Å²) in [6.07, 6.45) is 2.88. The summed E-state index contributed by atoms with van der Waals surface area (Å²) in [4.78, 5) is 49.1. The number of halogens is 1. The highest BCUT2D eigenvalue weighted by molar-refractivity contribution is 6.29. The molecule has 2 fully saturated rings. The normalized spacial score (nSPS) is 15.6. The van der Waals surface area contributed by atoms with E-state index in [1.165, 1.54) is 0 Å². The summed E-state index contributed by atoms with van der Waals surface area (Å²) in [5, 5.41) is 0.421. The number of piperazine rings is 2. The molecule has 0 N–H and O–H groups in total. The zero-order valence-corrected chi connectivity index (χ0v) is 27.7. The standard InChI is InChI=1S/C19H24N4O2.C13H19ClN4O2/c1-19(2,3)25-18(24)23-13-11-22(12-14-23)17-20-10-9-16(21-17)15-7-5-4-6-8-15;1-13(2,3)20-12(19)18-8-6-17(7-9-18)11-15-5-4-10(14)16-11/h4-10H,11-14H2,1-3H3;4-5H,6-9H2,1-3H3. The Morgan fingerprint density at radius 3 is 1.53 bits per heavy atom. The van der Waals surface area contributed by atoms with E-state index in [4.69, 9.17) is 21.1 Å². The molecule has 2 aliphatic rings. The quantitative estimate of drug-likeness (QED) is 0.346. The number of hydrogen-bond acceptors (Lipinski definition) is 10. The molecule has 13 heteroatoms. The van der Waals surface area contributed by atoms with Crippen LogP contribution in [0.4, 0.5) is 21.5 Å². The molecule has 242 valence electrons. The number of nitrogens with zero attached hydrogens (tertiary/aromatic N) is 8. The monoisotopic (exact) mass is 638 g/mol. The SMILES string of the molecule is CC(C)(C)OC(=O)N1CCN(c2nccc(-c3ccccc3)n2)CC1.CC(C)(C)OC(=O)N1CCN(c2nccc(Cl)n2)CC1. The molecule has 0 saturated carbocycles. The van der Waals surface area contributed by atoms with Crippen molar-refractivity contribution in [1.82, 2.24) is 29.7 Å². The molecule has 45 heavy (non-hydrogen) atoms. The van der Waals surface area contributed by atoms with Gasteiger partial charge in [0.2, 0.25) is 11.9 Å². The van der Waals surface area contributed by atoms with Crippen molar-refractivity contribution in [2.45, 2.75) is 52.7 Å². The molecule has 0 aliphatic carbocycles. The first kappa shape index (κ1) is 33.7. The lowest BCUT2D eigenvalue weighted by molar-refractivity contribution is 0.0229. The number of hydrogen-bond donors (Lipinski definition) is 0. The summed E-state index contributed by atoms with van der Waals surface area (Å²) in [7, 11) is 0. The van der Waals surface area contributed by atoms with Crippen molar-refractivity contribution in [2.24, 2.45) is 0 Å². The van der Waals surface area contributed by atoms with Crippen LogP contribution in [0.15, 0.2) is 54.9 Å². The van der Waals surface area contributed by atoms with E-state index in [-0.39, 0.29) is 12.2 Å². The fourth-order valence-corrected chi connectivity index (χ4v) is 4.71. The highest BCUT2D eigenvalue weighted by Crippen LogP contribution is 2.20. The van der Waals surface area contributed by atoms with E-state index in [0.717, 1.165) is 11.3 Å². The van der Waals surface area contributed by atoms with E-state index in [2.05, 4.69) is 24.8 Å². The van der Waals surface area contributed by atoms with E-state index in [9.17, 15) is 9.59 Å². The number of ether oxygens (including phenoxy) is 2. The lowest BCUT2D eigenvalue weighted by Gasteiger charge is -2.35. The van der Waals surface area contributed by atoms with E-state index in [0.29, 0.717) is 69.4 Å². The van der Waals surface area contributed by atoms with Crippen LogP contribution in [-0.2, 0) is 9.47 Å². The van der Waals surface area contributed by atoms with Crippen molar-refractivity contribution >= 4 is 35.7 Å². The van der Waals surface area contributed by atoms with Gasteiger partial charge in [-0.3, -0.25) is 0 Å². The van der Waals surface area contributed by atoms with Gasteiger partial charge >= 0.3 is 12.2 Å². The molecule has 1 aromatic carbocycles. The van der Waals surface area contributed by atoms with Crippen molar-refractivity contribution in [3.63, 3.8) is 0 Å². The second-order valence-electron chi connectivity index (χ2n) is 12.7. The zero-order valence-electron chi connectivity index (χ0n) is 26.9. The van der Waals surface area contributed by atoms with Crippen molar-refractivity contribution in [3.05, 3.63) is 60.0 Å². The summed E-state index contributed by atoms with van der Waals surface area (Å²) in [6, 6.07) is 13.6. The van der Waals surface area contributed by atoms with Crippen LogP contribution in [0.3, 0.4) is 0 Å². The molecule has 2 aliphatic heterocycles. The number of benzene rings is 1. The van der Waals surface area contributed by atoms with E-state index < -0.39 is 11.2 Å². The van der Waals surface area contributed by atoms with Crippen LogP contribution in [0.2, 0.25) is 5.15 Å². The maximum atomic E-state index is 12.1. The highest BCUT2D eigenvalue weighted by Gasteiger charge is 2.28. The molecule has 0 radical (unpaired) electrons. The first-order chi connectivity index (χ1) is 21.3. The van der Waals surface area contributed by atoms with Crippen molar-refractivity contribution < 1.29 is 19.1 Å². The molecular weight excluding hydrogens is 596 g/mol. The molecule has 3 aromatic rings. The zero-order chi connectivity index (χ0) is 32.6. The van der Waals surface area contributed by atoms with Gasteiger partial charge in [-0.25, -0.2) is 29.5 Å². The minimum Gasteiger partial charge on any atom is -0.444 e. The Balaban J connectivity index is 0.000000210. The minimum atomic E-state index is -0.471. The van der Waals surface area contributed by atoms with Gasteiger partial charge in [0.1, 0.15) is 16.4 Å². The van der Waals surface area contributed by atoms with Gasteiger partial charge < -0.3 is 29.1 Å². The number of anilines is 2. The fraction of sp³-hybridized carbons (Fsp3) is 0.500. The molecule has 2 saturated heterocycles. The van der Waals surface area contributed by atoms with Gasteiger partial charge in [0.15, 0.2) is 0 Å². The summed E-state index contributed by atoms with van der Waals surface area (Å²) in [5.74, 6) is 1.30. The maximum Gasteiger partial charge on any atom is 0.410 e. The number of rotatable bonds is 3. The lowest BCUT2D eigenvalue weighted by Crippen LogP contribution is -2.50. The topological polar surface area (TPSA) is 117 Å². The largest absolute Gasteiger partial charge is 0.444 e. The maximum absolute atomic E-state index is 12.1. The van der Waals surface area contributed by atoms with Gasteiger partial charge in [0, 0.05) is 70.3 Å². The van der Waals surface area contributed by atoms with Gasteiger partial charge in [-0.2, -0.15) is 0 Å². The molecule has 2 aromatic heterocycles. The van der Waals surface area contributed by atoms with Gasteiger partial charge in [-0.15, -0.1) is 0 Å². The molecular formula is C32H43ClN8O4. The molecule has 4 heterocycles. The molecule has 0 atom stereocenters. The molecule has 0 bridgehead atoms. The molecule has 0 unspecified atom stereocenters. The number of carbonyl (C=O) groups is 2. The van der Waals surface area contributed by atoms with Crippen LogP contribution in [0.1, 0.15) is 41.5 Å². The van der Waals surface area contributed by atoms with Crippen LogP contribution < -0.4 is 9.80 Å². The number of amides is 2. The lowest BCUT2D eigenvalue weighted by atomic mass is 10.1. The van der Waals surface area contributed by atoms with Gasteiger partial charge in [0.25, 0.3) is 0 Å². The highest BCUT2D eigenvalue weighted by atomic mass is 35.5. The van der Waals surface area contributed by atoms with Gasteiger partial charge in [0.05, 0.1) is 5.69 Å². The summed E-state index contributed by atoms with van der Waals surface area (Å²) in [6.45, 7) is 16.3. The van der Waals surface area contributed by atoms with Crippen molar-refractivity contribution in [2.75, 3.05) is 62.2 Å². The predicted molar refractivity (Wildman–Crippen MR) is 175 cm³/mol. The molecule has 5 rings (SSSR count). The Labute approximate surface area is 270 Å². The third kappa shape index (κ3) is 10.4. The second-order valence-corrected chi connectivity index (χ2v) is 13.1. The van der Waals surface area contributed by atoms with Crippen LogP contribution in [0.5, 0.6) is 0 Å². The Bertz CT molecular complexity index is 1410. The predicted octanol–water partition coefficient (Wildman–Crippen LogP) is 5.39. The van der Waals surface area contributed by atoms with Gasteiger partial charge in [-0.05, 0) is 53.7 Å². The van der Waals surface area contributed by atoms with Crippen molar-refractivity contribution in [1.29, 1.82) is 0 Å². The smallest absolute Gasteiger partial charge is 0.410 e. The summed E-state index contributed by atoms with van der Waals surface area (Å²) < 4.78 is 10.8. The first-order valence-corrected chi connectivity index (χ1v) is 15.5. The van der Waals surface area contributed by atoms with Crippen LogP contribution in [0.25, 0.3) is 11.3 Å². The molecule has 0 spiro atoms. The minimum absolute atomic E-state index is 0.258. The van der Waals surface area contributed by atoms with Gasteiger partial charge in [-0.1, -0.05) is 41.9 Å². The van der Waals surface area contributed by atoms with E-state index in [1.807, 2.05) is 82.8 Å². The number of aromatic nitrogens is 4.